The molecular formula is C15H16N4O6S. The van der Waals surface area contributed by atoms with E-state index in [-0.39, 0.29) is 40.2 Å². The largest absolute Gasteiger partial charge is 0.476 e. The van der Waals surface area contributed by atoms with Crippen molar-refractivity contribution < 1.29 is 22.3 Å². The fourth-order valence-electron chi connectivity index (χ4n) is 2.17. The van der Waals surface area contributed by atoms with E-state index < -0.39 is 15.8 Å². The molecule has 0 radical (unpaired) electrons. The lowest BCUT2D eigenvalue weighted by molar-refractivity contribution is 0.290. The molecular weight excluding hydrogens is 364 g/mol. The normalized spacial score (nSPS) is 11.5. The second kappa shape index (κ2) is 7.04. The molecule has 0 aliphatic carbocycles. The number of fused-ring (bicyclic) bond motifs is 1. The summed E-state index contributed by atoms with van der Waals surface area (Å²) in [5.74, 6) is -0.617. The average Bonchev–Trinajstić information content (AvgIpc) is 2.96. The van der Waals surface area contributed by atoms with Crippen LogP contribution in [0, 0.1) is 0 Å². The number of benzene rings is 1. The summed E-state index contributed by atoms with van der Waals surface area (Å²) in [6, 6.07) is 4.08. The molecule has 3 rings (SSSR count). The molecule has 2 N–H and O–H groups in total. The van der Waals surface area contributed by atoms with Gasteiger partial charge in [0.2, 0.25) is 5.88 Å². The average molecular weight is 380 g/mol. The van der Waals surface area contributed by atoms with Crippen LogP contribution in [0.4, 0.5) is 5.69 Å². The van der Waals surface area contributed by atoms with Crippen molar-refractivity contribution in [3.63, 3.8) is 0 Å². The first-order chi connectivity index (χ1) is 12.4. The van der Waals surface area contributed by atoms with E-state index in [2.05, 4.69) is 19.7 Å². The van der Waals surface area contributed by atoms with Crippen LogP contribution in [0.15, 0.2) is 38.5 Å². The van der Waals surface area contributed by atoms with Crippen molar-refractivity contribution >= 4 is 26.8 Å². The highest BCUT2D eigenvalue weighted by Crippen LogP contribution is 2.26. The van der Waals surface area contributed by atoms with Gasteiger partial charge in [0.1, 0.15) is 5.69 Å². The Labute approximate surface area is 148 Å². The van der Waals surface area contributed by atoms with Gasteiger partial charge in [-0.15, -0.1) is 0 Å². The first kappa shape index (κ1) is 17.7. The molecule has 3 aromatic rings. The van der Waals surface area contributed by atoms with E-state index in [4.69, 9.17) is 13.9 Å². The van der Waals surface area contributed by atoms with Gasteiger partial charge in [-0.05, 0) is 32.0 Å². The number of oxazole rings is 1. The number of rotatable bonds is 7. The van der Waals surface area contributed by atoms with Gasteiger partial charge in [-0.3, -0.25) is 9.71 Å². The second-order valence-electron chi connectivity index (χ2n) is 5.02. The number of hydrogen-bond donors (Lipinski definition) is 2. The van der Waals surface area contributed by atoms with Crippen molar-refractivity contribution in [1.29, 1.82) is 0 Å². The lowest BCUT2D eigenvalue weighted by Gasteiger charge is -2.12. The van der Waals surface area contributed by atoms with E-state index >= 15 is 0 Å². The first-order valence-corrected chi connectivity index (χ1v) is 9.19. The highest BCUT2D eigenvalue weighted by atomic mass is 32.2. The quantitative estimate of drug-likeness (QED) is 0.629. The third kappa shape index (κ3) is 3.61. The number of sulfonamides is 1. The van der Waals surface area contributed by atoms with Crippen LogP contribution in [0.2, 0.25) is 0 Å². The zero-order chi connectivity index (χ0) is 18.7. The summed E-state index contributed by atoms with van der Waals surface area (Å²) in [6.45, 7) is 4.15. The van der Waals surface area contributed by atoms with Crippen LogP contribution in [-0.2, 0) is 10.0 Å². The molecule has 11 heteroatoms. The summed E-state index contributed by atoms with van der Waals surface area (Å²) in [7, 11) is -3.98. The fraction of sp³-hybridized carbons (Fsp3) is 0.267. The minimum absolute atomic E-state index is 0.0484. The van der Waals surface area contributed by atoms with Crippen LogP contribution >= 0.6 is 0 Å². The van der Waals surface area contributed by atoms with Gasteiger partial charge in [-0.1, -0.05) is 0 Å². The van der Waals surface area contributed by atoms with E-state index in [0.717, 1.165) is 0 Å². The van der Waals surface area contributed by atoms with Crippen LogP contribution < -0.4 is 20.0 Å². The van der Waals surface area contributed by atoms with Crippen molar-refractivity contribution in [1.82, 2.24) is 15.0 Å². The summed E-state index contributed by atoms with van der Waals surface area (Å²) in [4.78, 5) is 21.5. The van der Waals surface area contributed by atoms with E-state index in [0.29, 0.717) is 6.61 Å². The Balaban J connectivity index is 1.95. The molecule has 10 nitrogen and oxygen atoms in total. The molecule has 0 atom stereocenters. The van der Waals surface area contributed by atoms with Crippen molar-refractivity contribution in [3.8, 4) is 11.9 Å². The van der Waals surface area contributed by atoms with E-state index in [1.54, 1.807) is 13.8 Å². The SMILES string of the molecule is CCOc1ncc(NS(=O)(=O)c2ccc3oc(=O)[nH]c3c2)c(OCC)n1. The summed E-state index contributed by atoms with van der Waals surface area (Å²) >= 11 is 0. The van der Waals surface area contributed by atoms with Crippen molar-refractivity contribution in [3.05, 3.63) is 34.9 Å². The Bertz CT molecular complexity index is 1090. The van der Waals surface area contributed by atoms with Gasteiger partial charge in [0.15, 0.2) is 5.58 Å². The zero-order valence-electron chi connectivity index (χ0n) is 14.0. The van der Waals surface area contributed by atoms with Crippen molar-refractivity contribution in [2.24, 2.45) is 0 Å². The summed E-state index contributed by atoms with van der Waals surface area (Å²) < 4.78 is 43.1. The molecule has 0 spiro atoms. The molecule has 0 aliphatic heterocycles. The predicted octanol–water partition coefficient (Wildman–Crippen LogP) is 1.51. The van der Waals surface area contributed by atoms with E-state index in [1.165, 1.54) is 24.4 Å². The number of ether oxygens (including phenoxy) is 2. The van der Waals surface area contributed by atoms with Gasteiger partial charge in [-0.2, -0.15) is 4.98 Å². The van der Waals surface area contributed by atoms with Crippen LogP contribution in [0.25, 0.3) is 11.1 Å². The molecule has 0 aliphatic rings. The molecule has 0 bridgehead atoms. The Morgan fingerprint density at radius 1 is 1.23 bits per heavy atom. The number of anilines is 1. The van der Waals surface area contributed by atoms with Crippen molar-refractivity contribution in [2.45, 2.75) is 18.7 Å². The van der Waals surface area contributed by atoms with Crippen molar-refractivity contribution in [2.75, 3.05) is 17.9 Å². The summed E-state index contributed by atoms with van der Waals surface area (Å²) in [6.07, 6.45) is 1.26. The number of nitrogens with one attached hydrogen (secondary N) is 2. The molecule has 0 fully saturated rings. The zero-order valence-corrected chi connectivity index (χ0v) is 14.8. The number of aromatic amines is 1. The predicted molar refractivity (Wildman–Crippen MR) is 92.0 cm³/mol. The third-order valence-electron chi connectivity index (χ3n) is 3.23. The second-order valence-corrected chi connectivity index (χ2v) is 6.70. The lowest BCUT2D eigenvalue weighted by Crippen LogP contribution is -2.15. The minimum atomic E-state index is -3.98. The van der Waals surface area contributed by atoms with E-state index in [1.807, 2.05) is 0 Å². The maximum atomic E-state index is 12.6. The highest BCUT2D eigenvalue weighted by molar-refractivity contribution is 7.92. The fourth-order valence-corrected chi connectivity index (χ4v) is 3.24. The molecule has 2 heterocycles. The highest BCUT2D eigenvalue weighted by Gasteiger charge is 2.20. The molecule has 0 saturated heterocycles. The molecule has 138 valence electrons. The Kier molecular flexibility index (Phi) is 4.80. The first-order valence-electron chi connectivity index (χ1n) is 7.71. The van der Waals surface area contributed by atoms with Gasteiger partial charge in [0.25, 0.3) is 10.0 Å². The number of hydrogen-bond acceptors (Lipinski definition) is 8. The molecule has 0 unspecified atom stereocenters. The topological polar surface area (TPSA) is 136 Å². The van der Waals surface area contributed by atoms with Gasteiger partial charge >= 0.3 is 11.8 Å². The van der Waals surface area contributed by atoms with Gasteiger partial charge < -0.3 is 13.9 Å². The number of aromatic nitrogens is 3. The Hall–Kier alpha value is -3.08. The standard InChI is InChI=1S/C15H16N4O6S/c1-3-23-13-11(8-16-14(18-13)24-4-2)19-26(21,22)9-5-6-12-10(7-9)17-15(20)25-12/h5-8,19H,3-4H2,1-2H3,(H,17,20). The summed E-state index contributed by atoms with van der Waals surface area (Å²) in [5, 5.41) is 0. The molecule has 26 heavy (non-hydrogen) atoms. The number of nitrogens with zero attached hydrogens (tertiary/aromatic N) is 2. The van der Waals surface area contributed by atoms with Crippen LogP contribution in [0.3, 0.4) is 0 Å². The van der Waals surface area contributed by atoms with Gasteiger partial charge in [-0.25, -0.2) is 18.2 Å². The Morgan fingerprint density at radius 3 is 2.73 bits per heavy atom. The molecule has 1 aromatic carbocycles. The maximum Gasteiger partial charge on any atom is 0.417 e. The summed E-state index contributed by atoms with van der Waals surface area (Å²) in [5.41, 5.74) is 0.593. The van der Waals surface area contributed by atoms with Crippen LogP contribution in [-0.4, -0.2) is 36.6 Å². The number of H-pyrrole nitrogens is 1. The van der Waals surface area contributed by atoms with Gasteiger partial charge in [0, 0.05) is 0 Å². The van der Waals surface area contributed by atoms with Crippen LogP contribution in [0.1, 0.15) is 13.8 Å². The minimum Gasteiger partial charge on any atom is -0.476 e. The molecule has 0 saturated carbocycles. The van der Waals surface area contributed by atoms with Gasteiger partial charge in [0.05, 0.1) is 29.8 Å². The molecule has 2 aromatic heterocycles. The molecule has 0 amide bonds. The lowest BCUT2D eigenvalue weighted by atomic mass is 10.3. The third-order valence-corrected chi connectivity index (χ3v) is 4.59. The van der Waals surface area contributed by atoms with E-state index in [9.17, 15) is 13.2 Å². The maximum absolute atomic E-state index is 12.6. The monoisotopic (exact) mass is 380 g/mol. The smallest absolute Gasteiger partial charge is 0.417 e. The Morgan fingerprint density at radius 2 is 2.00 bits per heavy atom. The van der Waals surface area contributed by atoms with Crippen LogP contribution in [0.5, 0.6) is 11.9 Å².